The predicted molar refractivity (Wildman–Crippen MR) is 53.4 cm³/mol. The minimum atomic E-state index is -0.378. The fraction of sp³-hybridized carbons (Fsp3) is 0.600. The topological polar surface area (TPSA) is 51.8 Å². The number of hydrogen-bond donors (Lipinski definition) is 1. The van der Waals surface area contributed by atoms with Gasteiger partial charge in [0.05, 0.1) is 11.2 Å². The van der Waals surface area contributed by atoms with Crippen molar-refractivity contribution in [2.45, 2.75) is 39.7 Å². The summed E-state index contributed by atoms with van der Waals surface area (Å²) in [5, 5.41) is 0. The first-order valence-corrected chi connectivity index (χ1v) is 4.56. The van der Waals surface area contributed by atoms with Gasteiger partial charge in [0.15, 0.2) is 0 Å². The average Bonchev–Trinajstić information content (AvgIpc) is 2.02. The molecule has 1 heterocycles. The molecule has 0 amide bonds. The molecule has 72 valence electrons. The SMILES string of the molecule is CCc1ncnc(C(C)(C)N)c1C. The summed E-state index contributed by atoms with van der Waals surface area (Å²) < 4.78 is 0. The molecule has 0 aliphatic heterocycles. The number of aryl methyl sites for hydroxylation is 1. The lowest BCUT2D eigenvalue weighted by Gasteiger charge is -2.20. The van der Waals surface area contributed by atoms with Crippen molar-refractivity contribution >= 4 is 0 Å². The summed E-state index contributed by atoms with van der Waals surface area (Å²) in [4.78, 5) is 8.43. The molecule has 1 aromatic rings. The third-order valence-electron chi connectivity index (χ3n) is 2.13. The molecule has 3 heteroatoms. The zero-order valence-electron chi connectivity index (χ0n) is 8.76. The number of nitrogens with two attached hydrogens (primary N) is 1. The monoisotopic (exact) mass is 179 g/mol. The van der Waals surface area contributed by atoms with Gasteiger partial charge in [-0.1, -0.05) is 6.92 Å². The smallest absolute Gasteiger partial charge is 0.116 e. The summed E-state index contributed by atoms with van der Waals surface area (Å²) in [6, 6.07) is 0. The van der Waals surface area contributed by atoms with E-state index in [1.807, 2.05) is 20.8 Å². The van der Waals surface area contributed by atoms with Crippen molar-refractivity contribution < 1.29 is 0 Å². The number of aromatic nitrogens is 2. The van der Waals surface area contributed by atoms with E-state index >= 15 is 0 Å². The van der Waals surface area contributed by atoms with Crippen LogP contribution in [0.15, 0.2) is 6.33 Å². The molecule has 0 saturated carbocycles. The molecule has 3 nitrogen and oxygen atoms in total. The Morgan fingerprint density at radius 2 is 2.00 bits per heavy atom. The highest BCUT2D eigenvalue weighted by atomic mass is 14.9. The summed E-state index contributed by atoms with van der Waals surface area (Å²) in [6.07, 6.45) is 2.52. The molecule has 2 N–H and O–H groups in total. The second kappa shape index (κ2) is 3.42. The molecular formula is C10H17N3. The third-order valence-corrected chi connectivity index (χ3v) is 2.13. The fourth-order valence-electron chi connectivity index (χ4n) is 1.49. The molecule has 0 aromatic carbocycles. The van der Waals surface area contributed by atoms with Crippen LogP contribution < -0.4 is 5.73 Å². The summed E-state index contributed by atoms with van der Waals surface area (Å²) >= 11 is 0. The first-order chi connectivity index (χ1) is 5.96. The van der Waals surface area contributed by atoms with E-state index in [1.54, 1.807) is 6.33 Å². The van der Waals surface area contributed by atoms with Gasteiger partial charge in [-0.25, -0.2) is 9.97 Å². The zero-order chi connectivity index (χ0) is 10.1. The van der Waals surface area contributed by atoms with Gasteiger partial charge in [0.2, 0.25) is 0 Å². The minimum Gasteiger partial charge on any atom is -0.321 e. The number of hydrogen-bond acceptors (Lipinski definition) is 3. The van der Waals surface area contributed by atoms with Crippen LogP contribution >= 0.6 is 0 Å². The van der Waals surface area contributed by atoms with E-state index in [0.717, 1.165) is 23.4 Å². The van der Waals surface area contributed by atoms with Crippen LogP contribution in [-0.2, 0) is 12.0 Å². The largest absolute Gasteiger partial charge is 0.321 e. The van der Waals surface area contributed by atoms with Crippen LogP contribution in [0.5, 0.6) is 0 Å². The Labute approximate surface area is 79.4 Å². The van der Waals surface area contributed by atoms with Crippen molar-refractivity contribution in [1.82, 2.24) is 9.97 Å². The summed E-state index contributed by atoms with van der Waals surface area (Å²) in [5.74, 6) is 0. The van der Waals surface area contributed by atoms with Gasteiger partial charge in [0, 0.05) is 5.69 Å². The van der Waals surface area contributed by atoms with E-state index in [0.29, 0.717) is 0 Å². The van der Waals surface area contributed by atoms with Gasteiger partial charge in [0.1, 0.15) is 6.33 Å². The van der Waals surface area contributed by atoms with Crippen molar-refractivity contribution in [2.24, 2.45) is 5.73 Å². The highest BCUT2D eigenvalue weighted by Gasteiger charge is 2.19. The molecule has 1 aromatic heterocycles. The van der Waals surface area contributed by atoms with E-state index in [4.69, 9.17) is 5.73 Å². The molecule has 0 fully saturated rings. The van der Waals surface area contributed by atoms with Gasteiger partial charge < -0.3 is 5.73 Å². The van der Waals surface area contributed by atoms with Crippen LogP contribution in [0.4, 0.5) is 0 Å². The fourth-order valence-corrected chi connectivity index (χ4v) is 1.49. The maximum atomic E-state index is 5.99. The number of nitrogens with zero attached hydrogens (tertiary/aromatic N) is 2. The summed E-state index contributed by atoms with van der Waals surface area (Å²) in [5.41, 5.74) is 8.77. The quantitative estimate of drug-likeness (QED) is 0.749. The normalized spacial score (nSPS) is 11.8. The maximum Gasteiger partial charge on any atom is 0.116 e. The van der Waals surface area contributed by atoms with Crippen molar-refractivity contribution in [2.75, 3.05) is 0 Å². The highest BCUT2D eigenvalue weighted by molar-refractivity contribution is 5.27. The highest BCUT2D eigenvalue weighted by Crippen LogP contribution is 2.19. The van der Waals surface area contributed by atoms with Crippen molar-refractivity contribution in [1.29, 1.82) is 0 Å². The van der Waals surface area contributed by atoms with E-state index in [-0.39, 0.29) is 5.54 Å². The van der Waals surface area contributed by atoms with Crippen LogP contribution in [0, 0.1) is 6.92 Å². The second-order valence-corrected chi connectivity index (χ2v) is 3.87. The first-order valence-electron chi connectivity index (χ1n) is 4.56. The molecule has 0 unspecified atom stereocenters. The Hall–Kier alpha value is -0.960. The van der Waals surface area contributed by atoms with E-state index in [1.165, 1.54) is 0 Å². The lowest BCUT2D eigenvalue weighted by molar-refractivity contribution is 0.527. The standard InChI is InChI=1S/C10H17N3/c1-5-8-7(2)9(10(3,4)11)13-6-12-8/h6H,5,11H2,1-4H3. The Bertz CT molecular complexity index is 300. The maximum absolute atomic E-state index is 5.99. The van der Waals surface area contributed by atoms with Crippen LogP contribution in [0.1, 0.15) is 37.7 Å². The van der Waals surface area contributed by atoms with Crippen LogP contribution in [0.25, 0.3) is 0 Å². The average molecular weight is 179 g/mol. The summed E-state index contributed by atoms with van der Waals surface area (Å²) in [7, 11) is 0. The predicted octanol–water partition coefficient (Wildman–Crippen LogP) is 1.54. The van der Waals surface area contributed by atoms with E-state index in [9.17, 15) is 0 Å². The Kier molecular flexibility index (Phi) is 2.66. The molecule has 0 aliphatic rings. The summed E-state index contributed by atoms with van der Waals surface area (Å²) in [6.45, 7) is 8.04. The number of rotatable bonds is 2. The van der Waals surface area contributed by atoms with Gasteiger partial charge >= 0.3 is 0 Å². The molecule has 0 bridgehead atoms. The molecule has 0 saturated heterocycles. The Balaban J connectivity index is 3.24. The minimum absolute atomic E-state index is 0.378. The van der Waals surface area contributed by atoms with Gasteiger partial charge in [-0.2, -0.15) is 0 Å². The van der Waals surface area contributed by atoms with Gasteiger partial charge in [-0.05, 0) is 32.8 Å². The van der Waals surface area contributed by atoms with Gasteiger partial charge in [-0.3, -0.25) is 0 Å². The molecule has 0 aliphatic carbocycles. The van der Waals surface area contributed by atoms with Crippen molar-refractivity contribution in [3.8, 4) is 0 Å². The van der Waals surface area contributed by atoms with E-state index < -0.39 is 0 Å². The molecule has 13 heavy (non-hydrogen) atoms. The van der Waals surface area contributed by atoms with Crippen molar-refractivity contribution in [3.63, 3.8) is 0 Å². The molecule has 0 radical (unpaired) electrons. The van der Waals surface area contributed by atoms with Crippen LogP contribution in [0.2, 0.25) is 0 Å². The Morgan fingerprint density at radius 3 is 2.46 bits per heavy atom. The van der Waals surface area contributed by atoms with Crippen molar-refractivity contribution in [3.05, 3.63) is 23.3 Å². The Morgan fingerprint density at radius 1 is 1.38 bits per heavy atom. The van der Waals surface area contributed by atoms with Gasteiger partial charge in [0.25, 0.3) is 0 Å². The molecule has 0 atom stereocenters. The molecule has 1 rings (SSSR count). The third kappa shape index (κ3) is 2.04. The second-order valence-electron chi connectivity index (χ2n) is 3.87. The van der Waals surface area contributed by atoms with Crippen LogP contribution in [0.3, 0.4) is 0 Å². The zero-order valence-corrected chi connectivity index (χ0v) is 8.76. The lowest BCUT2D eigenvalue weighted by Crippen LogP contribution is -2.31. The van der Waals surface area contributed by atoms with Crippen LogP contribution in [-0.4, -0.2) is 9.97 Å². The van der Waals surface area contributed by atoms with Gasteiger partial charge in [-0.15, -0.1) is 0 Å². The lowest BCUT2D eigenvalue weighted by atomic mass is 9.96. The first kappa shape index (κ1) is 10.1. The molecular weight excluding hydrogens is 162 g/mol. The van der Waals surface area contributed by atoms with E-state index in [2.05, 4.69) is 16.9 Å². The molecule has 0 spiro atoms.